The van der Waals surface area contributed by atoms with Gasteiger partial charge in [-0.1, -0.05) is 18.2 Å². The minimum atomic E-state index is -0.863. The van der Waals surface area contributed by atoms with E-state index in [1.165, 1.54) is 12.0 Å². The number of ketones is 1. The van der Waals surface area contributed by atoms with Crippen LogP contribution in [0.2, 0.25) is 0 Å². The Morgan fingerprint density at radius 3 is 2.68 bits per heavy atom. The molecule has 0 bridgehead atoms. The number of esters is 1. The number of Topliss-reactive ketones (excluding diaryl/α,β-unsaturated/α-hetero) is 1. The Morgan fingerprint density at radius 2 is 2.00 bits per heavy atom. The second kappa shape index (κ2) is 7.59. The van der Waals surface area contributed by atoms with E-state index in [1.54, 1.807) is 0 Å². The molecular weight excluding hydrogens is 286 g/mol. The molecule has 6 heteroatoms. The van der Waals surface area contributed by atoms with Gasteiger partial charge in [-0.05, 0) is 12.1 Å². The molecule has 0 radical (unpaired) electrons. The molecule has 1 aliphatic rings. The number of rotatable bonds is 5. The fourth-order valence-corrected chi connectivity index (χ4v) is 2.34. The maximum atomic E-state index is 12.1. The van der Waals surface area contributed by atoms with Crippen LogP contribution in [0.15, 0.2) is 30.3 Å². The fraction of sp³-hybridized carbons (Fsp3) is 0.438. The molecule has 0 spiro atoms. The van der Waals surface area contributed by atoms with E-state index in [1.807, 2.05) is 30.3 Å². The number of hydrogen-bond donors (Lipinski definition) is 0. The van der Waals surface area contributed by atoms with Gasteiger partial charge in [0.25, 0.3) is 0 Å². The second-order valence-corrected chi connectivity index (χ2v) is 5.04. The molecule has 1 fully saturated rings. The predicted octanol–water partition coefficient (Wildman–Crippen LogP) is 1.05. The molecule has 22 heavy (non-hydrogen) atoms. The summed E-state index contributed by atoms with van der Waals surface area (Å²) in [6, 6.07) is 9.23. The van der Waals surface area contributed by atoms with Gasteiger partial charge in [-0.15, -0.1) is 0 Å². The van der Waals surface area contributed by atoms with Crippen molar-refractivity contribution in [3.63, 3.8) is 0 Å². The Balaban J connectivity index is 1.82. The minimum Gasteiger partial charge on any atom is -0.493 e. The van der Waals surface area contributed by atoms with Gasteiger partial charge in [0, 0.05) is 19.5 Å². The number of benzene rings is 1. The van der Waals surface area contributed by atoms with Crippen molar-refractivity contribution in [1.82, 2.24) is 4.90 Å². The first-order valence-electron chi connectivity index (χ1n) is 7.18. The number of hydrogen-bond acceptors (Lipinski definition) is 5. The van der Waals surface area contributed by atoms with E-state index in [4.69, 9.17) is 4.74 Å². The molecule has 1 heterocycles. The lowest BCUT2D eigenvalue weighted by Gasteiger charge is -2.30. The summed E-state index contributed by atoms with van der Waals surface area (Å²) in [5.74, 6) is -1.04. The lowest BCUT2D eigenvalue weighted by Crippen LogP contribution is -2.47. The van der Waals surface area contributed by atoms with Crippen molar-refractivity contribution in [2.24, 2.45) is 5.92 Å². The highest BCUT2D eigenvalue weighted by molar-refractivity contribution is 6.00. The van der Waals surface area contributed by atoms with E-state index in [-0.39, 0.29) is 37.7 Å². The van der Waals surface area contributed by atoms with Crippen molar-refractivity contribution in [3.8, 4) is 5.75 Å². The smallest absolute Gasteiger partial charge is 0.318 e. The third kappa shape index (κ3) is 4.07. The maximum Gasteiger partial charge on any atom is 0.318 e. The molecule has 0 aliphatic carbocycles. The van der Waals surface area contributed by atoms with Crippen LogP contribution in [0.4, 0.5) is 0 Å². The van der Waals surface area contributed by atoms with Crippen LogP contribution in [0.3, 0.4) is 0 Å². The Labute approximate surface area is 129 Å². The van der Waals surface area contributed by atoms with Gasteiger partial charge in [-0.3, -0.25) is 14.4 Å². The van der Waals surface area contributed by atoms with Gasteiger partial charge >= 0.3 is 5.97 Å². The molecule has 2 rings (SSSR count). The summed E-state index contributed by atoms with van der Waals surface area (Å²) >= 11 is 0. The summed E-state index contributed by atoms with van der Waals surface area (Å²) in [6.07, 6.45) is 0.391. The van der Waals surface area contributed by atoms with Crippen molar-refractivity contribution in [2.45, 2.75) is 12.8 Å². The molecule has 0 aromatic heterocycles. The number of ether oxygens (including phenoxy) is 2. The molecule has 1 aromatic carbocycles. The van der Waals surface area contributed by atoms with Crippen LogP contribution in [0, 0.1) is 5.92 Å². The molecule has 1 saturated heterocycles. The number of likely N-dealkylation sites (tertiary alicyclic amines) is 1. The zero-order chi connectivity index (χ0) is 15.9. The molecule has 1 amide bonds. The Kier molecular flexibility index (Phi) is 5.52. The Hall–Kier alpha value is -2.37. The van der Waals surface area contributed by atoms with Gasteiger partial charge in [0.2, 0.25) is 5.91 Å². The number of methoxy groups -OCH3 is 1. The number of piperidine rings is 1. The maximum absolute atomic E-state index is 12.1. The van der Waals surface area contributed by atoms with E-state index in [0.29, 0.717) is 12.3 Å². The van der Waals surface area contributed by atoms with Gasteiger partial charge in [0.15, 0.2) is 5.78 Å². The second-order valence-electron chi connectivity index (χ2n) is 5.04. The van der Waals surface area contributed by atoms with Crippen molar-refractivity contribution in [3.05, 3.63) is 30.3 Å². The van der Waals surface area contributed by atoms with E-state index < -0.39 is 11.9 Å². The third-order valence-corrected chi connectivity index (χ3v) is 3.59. The topological polar surface area (TPSA) is 72.9 Å². The lowest BCUT2D eigenvalue weighted by atomic mass is 9.96. The van der Waals surface area contributed by atoms with Gasteiger partial charge < -0.3 is 14.4 Å². The molecule has 1 aromatic rings. The molecule has 1 atom stereocenters. The van der Waals surface area contributed by atoms with Gasteiger partial charge in [0.05, 0.1) is 20.1 Å². The molecule has 0 saturated carbocycles. The van der Waals surface area contributed by atoms with Crippen molar-refractivity contribution >= 4 is 17.7 Å². The number of para-hydroxylation sites is 1. The average Bonchev–Trinajstić information content (AvgIpc) is 2.55. The van der Waals surface area contributed by atoms with Crippen LogP contribution >= 0.6 is 0 Å². The highest BCUT2D eigenvalue weighted by Gasteiger charge is 2.35. The monoisotopic (exact) mass is 305 g/mol. The van der Waals surface area contributed by atoms with Crippen LogP contribution in [0.1, 0.15) is 12.8 Å². The molecule has 0 N–H and O–H groups in total. The summed E-state index contributed by atoms with van der Waals surface area (Å²) in [6.45, 7) is 0.697. The number of nitrogens with zero attached hydrogens (tertiary/aromatic N) is 1. The highest BCUT2D eigenvalue weighted by Crippen LogP contribution is 2.16. The predicted molar refractivity (Wildman–Crippen MR) is 78.3 cm³/mol. The molecule has 1 unspecified atom stereocenters. The van der Waals surface area contributed by atoms with Crippen LogP contribution in [0.25, 0.3) is 0 Å². The van der Waals surface area contributed by atoms with Crippen molar-refractivity contribution in [2.75, 3.05) is 26.8 Å². The summed E-state index contributed by atoms with van der Waals surface area (Å²) in [7, 11) is 1.24. The summed E-state index contributed by atoms with van der Waals surface area (Å²) in [4.78, 5) is 36.9. The molecule has 118 valence electrons. The Bertz CT molecular complexity index is 535. The average molecular weight is 305 g/mol. The quantitative estimate of drug-likeness (QED) is 0.600. The summed E-state index contributed by atoms with van der Waals surface area (Å²) < 4.78 is 10.1. The normalized spacial score (nSPS) is 18.0. The van der Waals surface area contributed by atoms with Gasteiger partial charge in [0.1, 0.15) is 11.7 Å². The van der Waals surface area contributed by atoms with Crippen LogP contribution in [-0.2, 0) is 19.1 Å². The van der Waals surface area contributed by atoms with Crippen LogP contribution in [-0.4, -0.2) is 49.4 Å². The van der Waals surface area contributed by atoms with Gasteiger partial charge in [-0.2, -0.15) is 0 Å². The fourth-order valence-electron chi connectivity index (χ4n) is 2.34. The summed E-state index contributed by atoms with van der Waals surface area (Å²) in [5, 5.41) is 0. The van der Waals surface area contributed by atoms with E-state index >= 15 is 0 Å². The minimum absolute atomic E-state index is 0.0929. The SMILES string of the molecule is COC(=O)C1CN(C(=O)CCOc2ccccc2)CCC1=O. The zero-order valence-electron chi connectivity index (χ0n) is 12.5. The van der Waals surface area contributed by atoms with E-state index in [9.17, 15) is 14.4 Å². The Morgan fingerprint density at radius 1 is 1.27 bits per heavy atom. The van der Waals surface area contributed by atoms with Crippen molar-refractivity contribution < 1.29 is 23.9 Å². The van der Waals surface area contributed by atoms with Gasteiger partial charge in [-0.25, -0.2) is 0 Å². The van der Waals surface area contributed by atoms with Crippen LogP contribution < -0.4 is 4.74 Å². The number of carbonyl (C=O) groups is 3. The molecule has 1 aliphatic heterocycles. The van der Waals surface area contributed by atoms with Crippen LogP contribution in [0.5, 0.6) is 5.75 Å². The summed E-state index contributed by atoms with van der Waals surface area (Å²) in [5.41, 5.74) is 0. The first-order valence-corrected chi connectivity index (χ1v) is 7.18. The van der Waals surface area contributed by atoms with E-state index in [0.717, 1.165) is 0 Å². The first kappa shape index (κ1) is 16.0. The lowest BCUT2D eigenvalue weighted by molar-refractivity contribution is -0.153. The third-order valence-electron chi connectivity index (χ3n) is 3.59. The molecule has 6 nitrogen and oxygen atoms in total. The first-order chi connectivity index (χ1) is 10.6. The zero-order valence-corrected chi connectivity index (χ0v) is 12.5. The standard InChI is InChI=1S/C16H19NO5/c1-21-16(20)13-11-17(9-7-14(13)18)15(19)8-10-22-12-5-3-2-4-6-12/h2-6,13H,7-11H2,1H3. The van der Waals surface area contributed by atoms with Crippen molar-refractivity contribution in [1.29, 1.82) is 0 Å². The number of amides is 1. The highest BCUT2D eigenvalue weighted by atomic mass is 16.5. The largest absolute Gasteiger partial charge is 0.493 e. The number of carbonyl (C=O) groups excluding carboxylic acids is 3. The molecular formula is C16H19NO5. The van der Waals surface area contributed by atoms with E-state index in [2.05, 4.69) is 4.74 Å².